The molecule has 1 nitrogen and oxygen atoms in total. The Kier molecular flexibility index (Phi) is 3.77. The highest BCUT2D eigenvalue weighted by atomic mass is 16.5. The average molecular weight is 266 g/mol. The molecule has 0 aromatic heterocycles. The van der Waals surface area contributed by atoms with Gasteiger partial charge in [0.15, 0.2) is 0 Å². The lowest BCUT2D eigenvalue weighted by Gasteiger charge is -2.09. The first-order valence-corrected chi connectivity index (χ1v) is 7.55. The van der Waals surface area contributed by atoms with Crippen molar-refractivity contribution >= 4 is 0 Å². The zero-order valence-corrected chi connectivity index (χ0v) is 12.3. The molecular formula is C19H22O. The summed E-state index contributed by atoms with van der Waals surface area (Å²) in [5, 5.41) is 0. The van der Waals surface area contributed by atoms with E-state index in [4.69, 9.17) is 4.74 Å². The maximum atomic E-state index is 5.85. The molecule has 0 N–H and O–H groups in total. The third-order valence-electron chi connectivity index (χ3n) is 3.93. The van der Waals surface area contributed by atoms with Crippen molar-refractivity contribution in [3.05, 3.63) is 54.1 Å². The monoisotopic (exact) mass is 266 g/mol. The van der Waals surface area contributed by atoms with E-state index >= 15 is 0 Å². The topological polar surface area (TPSA) is 9.23 Å². The number of hydrogen-bond donors (Lipinski definition) is 0. The molecule has 1 fully saturated rings. The fraction of sp³-hybridized carbons (Fsp3) is 0.368. The van der Waals surface area contributed by atoms with Crippen LogP contribution in [-0.2, 0) is 0 Å². The van der Waals surface area contributed by atoms with Crippen molar-refractivity contribution in [3.8, 4) is 16.9 Å². The molecule has 0 heterocycles. The van der Waals surface area contributed by atoms with Crippen LogP contribution in [0.15, 0.2) is 48.5 Å². The van der Waals surface area contributed by atoms with Gasteiger partial charge >= 0.3 is 0 Å². The number of benzene rings is 2. The summed E-state index contributed by atoms with van der Waals surface area (Å²) < 4.78 is 5.85. The molecule has 104 valence electrons. The molecule has 0 radical (unpaired) electrons. The summed E-state index contributed by atoms with van der Waals surface area (Å²) in [6, 6.07) is 17.3. The second kappa shape index (κ2) is 5.70. The predicted molar refractivity (Wildman–Crippen MR) is 84.2 cm³/mol. The van der Waals surface area contributed by atoms with Gasteiger partial charge in [0.25, 0.3) is 0 Å². The van der Waals surface area contributed by atoms with Crippen LogP contribution in [0.3, 0.4) is 0 Å². The molecule has 3 rings (SSSR count). The fourth-order valence-electron chi connectivity index (χ4n) is 2.32. The van der Waals surface area contributed by atoms with Crippen molar-refractivity contribution in [1.29, 1.82) is 0 Å². The van der Waals surface area contributed by atoms with Crippen LogP contribution < -0.4 is 4.74 Å². The van der Waals surface area contributed by atoms with Gasteiger partial charge in [-0.1, -0.05) is 50.2 Å². The van der Waals surface area contributed by atoms with Crippen molar-refractivity contribution in [3.63, 3.8) is 0 Å². The van der Waals surface area contributed by atoms with E-state index in [1.807, 2.05) is 6.07 Å². The molecule has 0 atom stereocenters. The van der Waals surface area contributed by atoms with Crippen LogP contribution in [0, 0.1) is 5.92 Å². The van der Waals surface area contributed by atoms with E-state index in [9.17, 15) is 0 Å². The summed E-state index contributed by atoms with van der Waals surface area (Å²) in [6.45, 7) is 5.32. The summed E-state index contributed by atoms with van der Waals surface area (Å²) in [7, 11) is 0. The van der Waals surface area contributed by atoms with E-state index < -0.39 is 0 Å². The van der Waals surface area contributed by atoms with E-state index in [1.165, 1.54) is 29.5 Å². The highest BCUT2D eigenvalue weighted by Gasteiger charge is 2.21. The minimum absolute atomic E-state index is 0.581. The Hall–Kier alpha value is -1.76. The summed E-state index contributed by atoms with van der Waals surface area (Å²) in [6.07, 6.45) is 2.66. The predicted octanol–water partition coefficient (Wildman–Crippen LogP) is 5.27. The van der Waals surface area contributed by atoms with E-state index in [0.717, 1.165) is 18.3 Å². The van der Waals surface area contributed by atoms with Gasteiger partial charge in [-0.25, -0.2) is 0 Å². The van der Waals surface area contributed by atoms with Crippen LogP contribution in [0.5, 0.6) is 5.75 Å². The number of hydrogen-bond acceptors (Lipinski definition) is 1. The van der Waals surface area contributed by atoms with Gasteiger partial charge in [0.2, 0.25) is 0 Å². The first kappa shape index (κ1) is 13.2. The van der Waals surface area contributed by atoms with Crippen LogP contribution in [0.2, 0.25) is 0 Å². The van der Waals surface area contributed by atoms with Crippen molar-refractivity contribution in [2.75, 3.05) is 6.61 Å². The summed E-state index contributed by atoms with van der Waals surface area (Å²) >= 11 is 0. The van der Waals surface area contributed by atoms with Gasteiger partial charge in [-0.3, -0.25) is 0 Å². The Morgan fingerprint density at radius 2 is 1.75 bits per heavy atom. The normalized spacial score (nSPS) is 14.6. The van der Waals surface area contributed by atoms with Gasteiger partial charge in [0.05, 0.1) is 6.61 Å². The second-order valence-electron chi connectivity index (χ2n) is 6.06. The van der Waals surface area contributed by atoms with Gasteiger partial charge in [-0.15, -0.1) is 0 Å². The van der Waals surface area contributed by atoms with Crippen LogP contribution >= 0.6 is 0 Å². The Balaban J connectivity index is 1.76. The van der Waals surface area contributed by atoms with E-state index in [1.54, 1.807) is 0 Å². The van der Waals surface area contributed by atoms with Gasteiger partial charge in [-0.05, 0) is 53.5 Å². The van der Waals surface area contributed by atoms with Crippen LogP contribution in [0.4, 0.5) is 0 Å². The maximum Gasteiger partial charge on any atom is 0.119 e. The summed E-state index contributed by atoms with van der Waals surface area (Å²) in [4.78, 5) is 0. The lowest BCUT2D eigenvalue weighted by molar-refractivity contribution is 0.300. The highest BCUT2D eigenvalue weighted by molar-refractivity contribution is 5.65. The first-order chi connectivity index (χ1) is 9.72. The Morgan fingerprint density at radius 1 is 1.00 bits per heavy atom. The van der Waals surface area contributed by atoms with Crippen LogP contribution in [0.25, 0.3) is 11.1 Å². The molecule has 1 aliphatic rings. The first-order valence-electron chi connectivity index (χ1n) is 7.55. The van der Waals surface area contributed by atoms with E-state index in [0.29, 0.717) is 5.92 Å². The van der Waals surface area contributed by atoms with Crippen molar-refractivity contribution < 1.29 is 4.74 Å². The molecule has 0 amide bonds. The Labute approximate surface area is 121 Å². The Morgan fingerprint density at radius 3 is 2.40 bits per heavy atom. The van der Waals surface area contributed by atoms with Gasteiger partial charge in [-0.2, -0.15) is 0 Å². The third kappa shape index (κ3) is 3.22. The van der Waals surface area contributed by atoms with Gasteiger partial charge in [0, 0.05) is 0 Å². The fourth-order valence-corrected chi connectivity index (χ4v) is 2.32. The van der Waals surface area contributed by atoms with Crippen molar-refractivity contribution in [2.45, 2.75) is 32.6 Å². The molecule has 2 aromatic rings. The molecule has 1 heteroatoms. The lowest BCUT2D eigenvalue weighted by atomic mass is 9.99. The molecule has 0 spiro atoms. The van der Waals surface area contributed by atoms with E-state index in [-0.39, 0.29) is 0 Å². The summed E-state index contributed by atoms with van der Waals surface area (Å²) in [5.41, 5.74) is 3.87. The average Bonchev–Trinajstić information content (AvgIpc) is 3.30. The molecule has 1 saturated carbocycles. The molecule has 1 aliphatic carbocycles. The van der Waals surface area contributed by atoms with Gasteiger partial charge < -0.3 is 4.74 Å². The molecule has 2 aromatic carbocycles. The minimum atomic E-state index is 0.581. The quantitative estimate of drug-likeness (QED) is 0.716. The maximum absolute atomic E-state index is 5.85. The molecule has 20 heavy (non-hydrogen) atoms. The minimum Gasteiger partial charge on any atom is -0.493 e. The number of ether oxygens (including phenoxy) is 1. The summed E-state index contributed by atoms with van der Waals surface area (Å²) in [5.74, 6) is 2.36. The SMILES string of the molecule is CC(C)c1ccc(-c2cccc(OCC3CC3)c2)cc1. The zero-order chi connectivity index (χ0) is 13.9. The molecular weight excluding hydrogens is 244 g/mol. The highest BCUT2D eigenvalue weighted by Crippen LogP contribution is 2.31. The second-order valence-corrected chi connectivity index (χ2v) is 6.06. The smallest absolute Gasteiger partial charge is 0.119 e. The van der Waals surface area contributed by atoms with Crippen molar-refractivity contribution in [1.82, 2.24) is 0 Å². The zero-order valence-electron chi connectivity index (χ0n) is 12.3. The molecule has 0 saturated heterocycles. The molecule has 0 unspecified atom stereocenters. The Bertz CT molecular complexity index is 565. The molecule has 0 aliphatic heterocycles. The van der Waals surface area contributed by atoms with E-state index in [2.05, 4.69) is 56.3 Å². The van der Waals surface area contributed by atoms with Crippen molar-refractivity contribution in [2.24, 2.45) is 5.92 Å². The lowest BCUT2D eigenvalue weighted by Crippen LogP contribution is -1.98. The van der Waals surface area contributed by atoms with Crippen LogP contribution in [0.1, 0.15) is 38.2 Å². The molecule has 0 bridgehead atoms. The van der Waals surface area contributed by atoms with Crippen LogP contribution in [-0.4, -0.2) is 6.61 Å². The largest absolute Gasteiger partial charge is 0.493 e. The third-order valence-corrected chi connectivity index (χ3v) is 3.93. The number of rotatable bonds is 5. The standard InChI is InChI=1S/C19H22O/c1-14(2)16-8-10-17(11-9-16)18-4-3-5-19(12-18)20-13-15-6-7-15/h3-5,8-12,14-15H,6-7,13H2,1-2H3. The van der Waals surface area contributed by atoms with Gasteiger partial charge in [0.1, 0.15) is 5.75 Å².